The van der Waals surface area contributed by atoms with Crippen LogP contribution in [0.5, 0.6) is 0 Å². The topological polar surface area (TPSA) is 58.8 Å². The Labute approximate surface area is 308 Å². The van der Waals surface area contributed by atoms with E-state index in [1.807, 2.05) is 46.4 Å². The Morgan fingerprint density at radius 1 is 1.02 bits per heavy atom. The van der Waals surface area contributed by atoms with Crippen molar-refractivity contribution in [2.45, 2.75) is 152 Å². The van der Waals surface area contributed by atoms with Crippen LogP contribution in [0.3, 0.4) is 0 Å². The minimum Gasteiger partial charge on any atom is -0.446 e. The monoisotopic (exact) mass is 700 g/mol. The van der Waals surface area contributed by atoms with E-state index < -0.39 is 0 Å². The summed E-state index contributed by atoms with van der Waals surface area (Å²) in [6.07, 6.45) is 25.4. The molecule has 2 heterocycles. The summed E-state index contributed by atoms with van der Waals surface area (Å²) in [5.41, 5.74) is 8.96. The van der Waals surface area contributed by atoms with Gasteiger partial charge in [0, 0.05) is 31.1 Å². The lowest BCUT2D eigenvalue weighted by Gasteiger charge is -2.42. The molecule has 0 radical (unpaired) electrons. The van der Waals surface area contributed by atoms with Crippen molar-refractivity contribution in [2.24, 2.45) is 17.6 Å². The number of hydrogen-bond acceptors (Lipinski definition) is 4. The van der Waals surface area contributed by atoms with Gasteiger partial charge in [0.1, 0.15) is 6.10 Å². The van der Waals surface area contributed by atoms with Crippen molar-refractivity contribution in [1.29, 1.82) is 0 Å². The van der Waals surface area contributed by atoms with Crippen LogP contribution < -0.4 is 5.73 Å². The molecule has 5 nitrogen and oxygen atoms in total. The second kappa shape index (κ2) is 28.1. The highest BCUT2D eigenvalue weighted by atomic mass is 35.5. The van der Waals surface area contributed by atoms with Gasteiger partial charge in [0.2, 0.25) is 0 Å². The average molecular weight is 701 g/mol. The van der Waals surface area contributed by atoms with Crippen LogP contribution in [0.1, 0.15) is 150 Å². The van der Waals surface area contributed by atoms with E-state index in [0.717, 1.165) is 62.6 Å². The standard InChI is InChI=1S/C36H55ClN2O2.C3H7N.2C2H6/c1-7-9-10-15-28(5)41-36(40)39-23-20-30(21-24-39)35(34-17-11-12-22-38(34)6)33-19-18-32(37)26-31(33)25-29(8-2)16-13-14-27(3)4;1-2-3-4;2*1-2/h11-12,17-19,22,25-28,30,34-35H,7-10,13-16,20-21,23-24H2,1-6H3;2-3H,4H2,1H3;2*1-2H3/b29-25+;3-2-;;. The number of carbonyl (C=O) groups is 1. The van der Waals surface area contributed by atoms with E-state index in [4.69, 9.17) is 22.1 Å². The molecule has 49 heavy (non-hydrogen) atoms. The molecule has 2 N–H and O–H groups in total. The van der Waals surface area contributed by atoms with E-state index in [2.05, 4.69) is 88.3 Å². The van der Waals surface area contributed by atoms with Crippen LogP contribution in [0.15, 0.2) is 60.5 Å². The van der Waals surface area contributed by atoms with Crippen LogP contribution in [-0.4, -0.2) is 48.2 Å². The van der Waals surface area contributed by atoms with Gasteiger partial charge < -0.3 is 20.3 Å². The van der Waals surface area contributed by atoms with E-state index in [0.29, 0.717) is 11.8 Å². The lowest BCUT2D eigenvalue weighted by molar-refractivity contribution is 0.0519. The number of unbranched alkanes of at least 4 members (excludes halogenated alkanes) is 2. The minimum atomic E-state index is -0.147. The van der Waals surface area contributed by atoms with Gasteiger partial charge in [0.15, 0.2) is 0 Å². The van der Waals surface area contributed by atoms with Crippen LogP contribution in [0.4, 0.5) is 4.79 Å². The van der Waals surface area contributed by atoms with Gasteiger partial charge in [-0.3, -0.25) is 0 Å². The van der Waals surface area contributed by atoms with Gasteiger partial charge in [0.05, 0.1) is 6.04 Å². The molecule has 3 atom stereocenters. The number of amides is 1. The number of nitrogens with two attached hydrogens (primary N) is 1. The van der Waals surface area contributed by atoms with E-state index in [-0.39, 0.29) is 18.2 Å². The summed E-state index contributed by atoms with van der Waals surface area (Å²) in [6.45, 7) is 22.5. The van der Waals surface area contributed by atoms with Gasteiger partial charge in [-0.05, 0) is 112 Å². The summed E-state index contributed by atoms with van der Waals surface area (Å²) in [5.74, 6) is 1.47. The van der Waals surface area contributed by atoms with Gasteiger partial charge in [-0.25, -0.2) is 4.79 Å². The average Bonchev–Trinajstić information content (AvgIpc) is 3.11. The first-order valence-corrected chi connectivity index (χ1v) is 19.9. The molecule has 0 spiro atoms. The number of ether oxygens (including phenoxy) is 1. The van der Waals surface area contributed by atoms with Crippen LogP contribution in [0.25, 0.3) is 6.08 Å². The number of nitrogens with zero attached hydrogens (tertiary/aromatic N) is 2. The molecular weight excluding hydrogens is 626 g/mol. The molecule has 1 saturated heterocycles. The van der Waals surface area contributed by atoms with E-state index >= 15 is 0 Å². The second-order valence-corrected chi connectivity index (χ2v) is 13.6. The van der Waals surface area contributed by atoms with Crippen molar-refractivity contribution in [3.63, 3.8) is 0 Å². The molecule has 1 aromatic carbocycles. The molecule has 3 unspecified atom stereocenters. The number of carbonyl (C=O) groups excluding carboxylic acids is 1. The molecule has 1 fully saturated rings. The van der Waals surface area contributed by atoms with Gasteiger partial charge in [-0.1, -0.05) is 122 Å². The zero-order valence-electron chi connectivity index (χ0n) is 33.3. The van der Waals surface area contributed by atoms with Crippen LogP contribution in [-0.2, 0) is 4.74 Å². The fourth-order valence-corrected chi connectivity index (χ4v) is 6.58. The molecule has 6 heteroatoms. The first kappa shape index (κ1) is 46.3. The minimum absolute atomic E-state index is 0.0240. The fourth-order valence-electron chi connectivity index (χ4n) is 6.40. The van der Waals surface area contributed by atoms with Crippen molar-refractivity contribution in [3.05, 3.63) is 76.6 Å². The Bertz CT molecular complexity index is 1110. The summed E-state index contributed by atoms with van der Waals surface area (Å²) in [7, 11) is 2.18. The lowest BCUT2D eigenvalue weighted by Crippen LogP contribution is -2.44. The zero-order chi connectivity index (χ0) is 37.2. The van der Waals surface area contributed by atoms with Crippen LogP contribution in [0.2, 0.25) is 5.02 Å². The van der Waals surface area contributed by atoms with Crippen molar-refractivity contribution >= 4 is 23.8 Å². The Balaban J connectivity index is 0.00000263. The smallest absolute Gasteiger partial charge is 0.410 e. The number of hydrogen-bond donors (Lipinski definition) is 1. The van der Waals surface area contributed by atoms with E-state index in [1.54, 1.807) is 6.08 Å². The second-order valence-electron chi connectivity index (χ2n) is 13.2. The van der Waals surface area contributed by atoms with Crippen LogP contribution >= 0.6 is 11.6 Å². The first-order chi connectivity index (χ1) is 23.6. The molecule has 0 aromatic heterocycles. The third-order valence-electron chi connectivity index (χ3n) is 9.09. The largest absolute Gasteiger partial charge is 0.446 e. The van der Waals surface area contributed by atoms with Gasteiger partial charge in [-0.2, -0.15) is 0 Å². The molecule has 0 aliphatic carbocycles. The van der Waals surface area contributed by atoms with Crippen molar-refractivity contribution in [3.8, 4) is 0 Å². The summed E-state index contributed by atoms with van der Waals surface area (Å²) in [5, 5.41) is 0.787. The predicted octanol–water partition coefficient (Wildman–Crippen LogP) is 12.8. The summed E-state index contributed by atoms with van der Waals surface area (Å²) in [4.78, 5) is 17.2. The molecule has 1 amide bonds. The maximum absolute atomic E-state index is 13.0. The summed E-state index contributed by atoms with van der Waals surface area (Å²) < 4.78 is 5.82. The molecule has 0 saturated carbocycles. The number of likely N-dealkylation sites (N-methyl/N-ethyl adjacent to an activating group) is 1. The third-order valence-corrected chi connectivity index (χ3v) is 9.33. The quantitative estimate of drug-likeness (QED) is 0.196. The lowest BCUT2D eigenvalue weighted by atomic mass is 9.73. The summed E-state index contributed by atoms with van der Waals surface area (Å²) >= 11 is 6.61. The Morgan fingerprint density at radius 2 is 1.67 bits per heavy atom. The summed E-state index contributed by atoms with van der Waals surface area (Å²) in [6, 6.07) is 6.73. The van der Waals surface area contributed by atoms with Gasteiger partial charge >= 0.3 is 6.09 Å². The number of likely N-dealkylation sites (tertiary alicyclic amines) is 1. The van der Waals surface area contributed by atoms with E-state index in [9.17, 15) is 4.79 Å². The highest BCUT2D eigenvalue weighted by molar-refractivity contribution is 6.30. The Morgan fingerprint density at radius 3 is 2.22 bits per heavy atom. The molecule has 3 rings (SSSR count). The van der Waals surface area contributed by atoms with Crippen molar-refractivity contribution < 1.29 is 9.53 Å². The number of piperidine rings is 1. The molecule has 1 aromatic rings. The molecule has 2 aliphatic rings. The number of allylic oxidation sites excluding steroid dienone is 4. The van der Waals surface area contributed by atoms with Crippen molar-refractivity contribution in [1.82, 2.24) is 9.80 Å². The predicted molar refractivity (Wildman–Crippen MR) is 217 cm³/mol. The van der Waals surface area contributed by atoms with Gasteiger partial charge in [-0.15, -0.1) is 0 Å². The van der Waals surface area contributed by atoms with Crippen molar-refractivity contribution in [2.75, 3.05) is 20.1 Å². The maximum atomic E-state index is 13.0. The van der Waals surface area contributed by atoms with Crippen LogP contribution in [0, 0.1) is 11.8 Å². The SMILES string of the molecule is C/C=C\N.CC.CC.CCCCCC(C)OC(=O)N1CCC(C(c2ccc(Cl)cc2/C=C(\CC)CCCC(C)C)C2C=CC=CN2C)CC1. The number of rotatable bonds is 14. The highest BCUT2D eigenvalue weighted by Gasteiger charge is 2.36. The van der Waals surface area contributed by atoms with E-state index in [1.165, 1.54) is 48.6 Å². The Kier molecular flexibility index (Phi) is 26.6. The molecule has 0 bridgehead atoms. The zero-order valence-corrected chi connectivity index (χ0v) is 34.1. The molecule has 2 aliphatic heterocycles. The normalized spacial score (nSPS) is 17.4. The molecule has 280 valence electrons. The number of halogens is 1. The van der Waals surface area contributed by atoms with Gasteiger partial charge in [0.25, 0.3) is 0 Å². The third kappa shape index (κ3) is 17.7. The first-order valence-electron chi connectivity index (χ1n) is 19.5. The maximum Gasteiger partial charge on any atom is 0.410 e. The molecular formula is C43H74ClN3O2. The Hall–Kier alpha value is -2.66. The number of benzene rings is 1. The highest BCUT2D eigenvalue weighted by Crippen LogP contribution is 2.41. The fraction of sp³-hybridized carbons (Fsp3) is 0.651.